The van der Waals surface area contributed by atoms with Crippen LogP contribution in [0.2, 0.25) is 0 Å². The first-order chi connectivity index (χ1) is 6.32. The van der Waals surface area contributed by atoms with E-state index in [9.17, 15) is 13.2 Å². The second-order valence-electron chi connectivity index (χ2n) is 3.25. The summed E-state index contributed by atoms with van der Waals surface area (Å²) in [5, 5.41) is 9.14. The smallest absolute Gasteiger partial charge is 0.389 e. The topological polar surface area (TPSA) is 20.2 Å². The van der Waals surface area contributed by atoms with Gasteiger partial charge in [0.1, 0.15) is 0 Å². The Morgan fingerprint density at radius 2 is 1.86 bits per heavy atom. The lowest BCUT2D eigenvalue weighted by Crippen LogP contribution is -2.08. The van der Waals surface area contributed by atoms with Crippen LogP contribution < -0.4 is 0 Å². The van der Waals surface area contributed by atoms with Crippen LogP contribution in [0.15, 0.2) is 18.2 Å². The molecule has 0 heterocycles. The van der Waals surface area contributed by atoms with Crippen LogP contribution in [0.3, 0.4) is 0 Å². The number of hydrogen-bond donors (Lipinski definition) is 1. The monoisotopic (exact) mass is 204 g/mol. The number of benzene rings is 1. The van der Waals surface area contributed by atoms with Crippen molar-refractivity contribution in [3.8, 4) is 0 Å². The summed E-state index contributed by atoms with van der Waals surface area (Å²) < 4.78 is 37.2. The molecule has 0 bridgehead atoms. The number of rotatable bonds is 1. The third-order valence-electron chi connectivity index (χ3n) is 2.05. The Hall–Kier alpha value is -1.03. The van der Waals surface area contributed by atoms with E-state index in [0.717, 1.165) is 6.07 Å². The minimum Gasteiger partial charge on any atom is -0.389 e. The van der Waals surface area contributed by atoms with Crippen molar-refractivity contribution in [2.24, 2.45) is 0 Å². The van der Waals surface area contributed by atoms with Crippen LogP contribution in [0, 0.1) is 6.92 Å². The van der Waals surface area contributed by atoms with Crippen molar-refractivity contribution in [2.45, 2.75) is 26.1 Å². The lowest BCUT2D eigenvalue weighted by molar-refractivity contribution is -0.138. The number of alkyl halides is 3. The highest BCUT2D eigenvalue weighted by atomic mass is 19.4. The van der Waals surface area contributed by atoms with Gasteiger partial charge in [-0.25, -0.2) is 0 Å². The van der Waals surface area contributed by atoms with E-state index < -0.39 is 17.8 Å². The minimum absolute atomic E-state index is 0.168. The fourth-order valence-corrected chi connectivity index (χ4v) is 1.20. The van der Waals surface area contributed by atoms with Crippen molar-refractivity contribution in [1.82, 2.24) is 0 Å². The average Bonchev–Trinajstić information content (AvgIpc) is 2.02. The fraction of sp³-hybridized carbons (Fsp3) is 0.400. The van der Waals surface area contributed by atoms with Gasteiger partial charge in [0.15, 0.2) is 0 Å². The summed E-state index contributed by atoms with van der Waals surface area (Å²) in [5.41, 5.74) is -0.235. The summed E-state index contributed by atoms with van der Waals surface area (Å²) in [5.74, 6) is 0. The molecule has 1 unspecified atom stereocenters. The standard InChI is InChI=1S/C10H11F3O/c1-6-3-4-8(7(2)14)5-9(6)10(11,12)13/h3-5,7,14H,1-2H3. The summed E-state index contributed by atoms with van der Waals surface area (Å²) in [4.78, 5) is 0. The van der Waals surface area contributed by atoms with Crippen molar-refractivity contribution in [1.29, 1.82) is 0 Å². The van der Waals surface area contributed by atoms with Crippen molar-refractivity contribution < 1.29 is 18.3 Å². The van der Waals surface area contributed by atoms with Gasteiger partial charge < -0.3 is 5.11 Å². The highest BCUT2D eigenvalue weighted by Gasteiger charge is 2.32. The van der Waals surface area contributed by atoms with Crippen molar-refractivity contribution in [2.75, 3.05) is 0 Å². The summed E-state index contributed by atoms with van der Waals surface area (Å²) in [6, 6.07) is 3.85. The molecule has 1 rings (SSSR count). The zero-order chi connectivity index (χ0) is 10.9. The Morgan fingerprint density at radius 1 is 1.29 bits per heavy atom. The van der Waals surface area contributed by atoms with E-state index in [1.165, 1.54) is 26.0 Å². The predicted molar refractivity (Wildman–Crippen MR) is 46.8 cm³/mol. The molecule has 1 N–H and O–H groups in total. The van der Waals surface area contributed by atoms with Gasteiger partial charge >= 0.3 is 6.18 Å². The molecule has 14 heavy (non-hydrogen) atoms. The maximum Gasteiger partial charge on any atom is 0.416 e. The molecule has 1 aromatic carbocycles. The molecule has 1 aromatic rings. The molecule has 0 amide bonds. The van der Waals surface area contributed by atoms with E-state index in [-0.39, 0.29) is 11.1 Å². The molecule has 0 radical (unpaired) electrons. The first kappa shape index (κ1) is 11.0. The van der Waals surface area contributed by atoms with Crippen LogP contribution in [0.25, 0.3) is 0 Å². The molecule has 0 aliphatic rings. The van der Waals surface area contributed by atoms with E-state index in [1.54, 1.807) is 0 Å². The van der Waals surface area contributed by atoms with E-state index in [1.807, 2.05) is 0 Å². The Kier molecular flexibility index (Phi) is 2.85. The third-order valence-corrected chi connectivity index (χ3v) is 2.05. The quantitative estimate of drug-likeness (QED) is 0.745. The number of aliphatic hydroxyl groups is 1. The maximum absolute atomic E-state index is 12.4. The number of hydrogen-bond acceptors (Lipinski definition) is 1. The van der Waals surface area contributed by atoms with E-state index >= 15 is 0 Å². The summed E-state index contributed by atoms with van der Waals surface area (Å²) in [6.45, 7) is 2.83. The van der Waals surface area contributed by atoms with Gasteiger partial charge in [-0.3, -0.25) is 0 Å². The summed E-state index contributed by atoms with van der Waals surface area (Å²) >= 11 is 0. The summed E-state index contributed by atoms with van der Waals surface area (Å²) in [7, 11) is 0. The zero-order valence-corrected chi connectivity index (χ0v) is 7.89. The van der Waals surface area contributed by atoms with E-state index in [4.69, 9.17) is 5.11 Å². The van der Waals surface area contributed by atoms with Crippen LogP contribution in [-0.2, 0) is 6.18 Å². The Bertz CT molecular complexity index is 329. The van der Waals surface area contributed by atoms with Crippen LogP contribution in [0.1, 0.15) is 29.7 Å². The number of halogens is 3. The Morgan fingerprint density at radius 3 is 2.29 bits per heavy atom. The average molecular weight is 204 g/mol. The van der Waals surface area contributed by atoms with Crippen molar-refractivity contribution in [3.63, 3.8) is 0 Å². The highest BCUT2D eigenvalue weighted by Crippen LogP contribution is 2.33. The van der Waals surface area contributed by atoms with Crippen molar-refractivity contribution in [3.05, 3.63) is 34.9 Å². The van der Waals surface area contributed by atoms with Gasteiger partial charge in [0.25, 0.3) is 0 Å². The van der Waals surface area contributed by atoms with Crippen LogP contribution >= 0.6 is 0 Å². The molecule has 0 aliphatic heterocycles. The van der Waals surface area contributed by atoms with Gasteiger partial charge in [0.2, 0.25) is 0 Å². The van der Waals surface area contributed by atoms with E-state index in [2.05, 4.69) is 0 Å². The van der Waals surface area contributed by atoms with Crippen LogP contribution in [0.5, 0.6) is 0 Å². The van der Waals surface area contributed by atoms with Gasteiger partial charge in [-0.15, -0.1) is 0 Å². The first-order valence-corrected chi connectivity index (χ1v) is 4.18. The van der Waals surface area contributed by atoms with Gasteiger partial charge in [-0.05, 0) is 31.0 Å². The summed E-state index contributed by atoms with van der Waals surface area (Å²) in [6.07, 6.45) is -5.23. The molecular formula is C10H11F3O. The molecule has 0 aromatic heterocycles. The van der Waals surface area contributed by atoms with Gasteiger partial charge in [0.05, 0.1) is 11.7 Å². The predicted octanol–water partition coefficient (Wildman–Crippen LogP) is 3.07. The molecule has 0 saturated carbocycles. The lowest BCUT2D eigenvalue weighted by atomic mass is 10.0. The number of aliphatic hydroxyl groups excluding tert-OH is 1. The molecule has 1 atom stereocenters. The van der Waals surface area contributed by atoms with Crippen LogP contribution in [-0.4, -0.2) is 5.11 Å². The molecule has 0 saturated heterocycles. The van der Waals surface area contributed by atoms with Crippen LogP contribution in [0.4, 0.5) is 13.2 Å². The fourth-order valence-electron chi connectivity index (χ4n) is 1.20. The normalized spacial score (nSPS) is 14.1. The third kappa shape index (κ3) is 2.26. The number of aryl methyl sites for hydroxylation is 1. The minimum atomic E-state index is -4.35. The van der Waals surface area contributed by atoms with Gasteiger partial charge in [-0.1, -0.05) is 12.1 Å². The Labute approximate surface area is 80.2 Å². The molecule has 0 fully saturated rings. The van der Waals surface area contributed by atoms with Gasteiger partial charge in [-0.2, -0.15) is 13.2 Å². The first-order valence-electron chi connectivity index (χ1n) is 4.18. The Balaban J connectivity index is 3.22. The SMILES string of the molecule is Cc1ccc(C(C)O)cc1C(F)(F)F. The molecule has 0 spiro atoms. The highest BCUT2D eigenvalue weighted by molar-refractivity contribution is 5.34. The molecule has 4 heteroatoms. The van der Waals surface area contributed by atoms with Gasteiger partial charge in [0, 0.05) is 0 Å². The maximum atomic E-state index is 12.4. The lowest BCUT2D eigenvalue weighted by Gasteiger charge is -2.13. The zero-order valence-electron chi connectivity index (χ0n) is 7.89. The van der Waals surface area contributed by atoms with Crippen molar-refractivity contribution >= 4 is 0 Å². The second kappa shape index (κ2) is 3.61. The largest absolute Gasteiger partial charge is 0.416 e. The molecule has 78 valence electrons. The molecule has 1 nitrogen and oxygen atoms in total. The second-order valence-corrected chi connectivity index (χ2v) is 3.25. The molecule has 0 aliphatic carbocycles. The van der Waals surface area contributed by atoms with E-state index in [0.29, 0.717) is 0 Å². The molecular weight excluding hydrogens is 193 g/mol.